The number of hydrogen-bond donors (Lipinski definition) is 0. The summed E-state index contributed by atoms with van der Waals surface area (Å²) in [6, 6.07) is 9.60. The Morgan fingerprint density at radius 3 is 2.43 bits per heavy atom. The summed E-state index contributed by atoms with van der Waals surface area (Å²) < 4.78 is 22.9. The molecule has 35 heavy (non-hydrogen) atoms. The number of methoxy groups -OCH3 is 2. The summed E-state index contributed by atoms with van der Waals surface area (Å²) in [7, 11) is 3.28. The van der Waals surface area contributed by atoms with Crippen molar-refractivity contribution in [1.82, 2.24) is 9.80 Å². The van der Waals surface area contributed by atoms with Crippen molar-refractivity contribution in [3.05, 3.63) is 48.2 Å². The van der Waals surface area contributed by atoms with E-state index in [9.17, 15) is 4.79 Å². The first-order chi connectivity index (χ1) is 17.0. The lowest BCUT2D eigenvalue weighted by Gasteiger charge is -2.33. The van der Waals surface area contributed by atoms with Gasteiger partial charge in [0.25, 0.3) is 0 Å². The van der Waals surface area contributed by atoms with E-state index in [1.807, 2.05) is 49.1 Å². The molecule has 186 valence electrons. The number of benzene rings is 2. The summed E-state index contributed by atoms with van der Waals surface area (Å²) in [5, 5.41) is 0.909. The van der Waals surface area contributed by atoms with Crippen LogP contribution in [-0.2, 0) is 4.79 Å². The Morgan fingerprint density at radius 1 is 1.00 bits per heavy atom. The molecule has 2 aromatic carbocycles. The van der Waals surface area contributed by atoms with Gasteiger partial charge in [-0.1, -0.05) is 6.92 Å². The molecule has 0 spiro atoms. The number of fused-ring (bicyclic) bond motifs is 1. The maximum Gasteiger partial charge on any atom is 0.246 e. The summed E-state index contributed by atoms with van der Waals surface area (Å²) in [5.74, 6) is 2.17. The van der Waals surface area contributed by atoms with E-state index in [1.54, 1.807) is 26.6 Å². The molecular formula is C28H34N2O5. The second-order valence-electron chi connectivity index (χ2n) is 8.58. The second-order valence-corrected chi connectivity index (χ2v) is 8.58. The van der Waals surface area contributed by atoms with Gasteiger partial charge in [-0.05, 0) is 50.2 Å². The summed E-state index contributed by atoms with van der Waals surface area (Å²) in [6.45, 7) is 10.9. The normalized spacial score (nSPS) is 14.9. The highest BCUT2D eigenvalue weighted by molar-refractivity contribution is 6.01. The minimum Gasteiger partial charge on any atom is -0.497 e. The fraction of sp³-hybridized carbons (Fsp3) is 0.393. The number of hydrogen-bond acceptors (Lipinski definition) is 6. The Labute approximate surface area is 206 Å². The smallest absolute Gasteiger partial charge is 0.246 e. The molecule has 1 aromatic heterocycles. The van der Waals surface area contributed by atoms with E-state index in [0.29, 0.717) is 17.9 Å². The zero-order valence-electron chi connectivity index (χ0n) is 21.2. The first-order valence-electron chi connectivity index (χ1n) is 12.1. The number of piperazine rings is 1. The number of amides is 1. The maximum absolute atomic E-state index is 13.0. The van der Waals surface area contributed by atoms with E-state index in [0.717, 1.165) is 71.9 Å². The largest absolute Gasteiger partial charge is 0.497 e. The lowest BCUT2D eigenvalue weighted by molar-refractivity contribution is -0.127. The molecule has 7 nitrogen and oxygen atoms in total. The summed E-state index contributed by atoms with van der Waals surface area (Å²) >= 11 is 0. The molecule has 0 bridgehead atoms. The Kier molecular flexibility index (Phi) is 7.66. The molecule has 1 fully saturated rings. The van der Waals surface area contributed by atoms with Gasteiger partial charge in [0.1, 0.15) is 22.8 Å². The van der Waals surface area contributed by atoms with Crippen LogP contribution in [0.1, 0.15) is 26.3 Å². The molecule has 1 aliphatic heterocycles. The topological polar surface area (TPSA) is 64.4 Å². The quantitative estimate of drug-likeness (QED) is 0.421. The van der Waals surface area contributed by atoms with Gasteiger partial charge in [-0.3, -0.25) is 4.79 Å². The number of carbonyl (C=O) groups excluding carboxylic acids is 1. The Bertz CT molecular complexity index is 1220. The number of allylic oxidation sites excluding steroid dienone is 1. The van der Waals surface area contributed by atoms with Crippen molar-refractivity contribution in [2.45, 2.75) is 20.8 Å². The van der Waals surface area contributed by atoms with Crippen molar-refractivity contribution in [1.29, 1.82) is 0 Å². The van der Waals surface area contributed by atoms with Crippen molar-refractivity contribution in [3.8, 4) is 28.4 Å². The van der Waals surface area contributed by atoms with Crippen LogP contribution < -0.4 is 14.2 Å². The van der Waals surface area contributed by atoms with E-state index in [1.165, 1.54) is 0 Å². The lowest BCUT2D eigenvalue weighted by Crippen LogP contribution is -2.48. The number of ether oxygens (including phenoxy) is 3. The average molecular weight is 479 g/mol. The lowest BCUT2D eigenvalue weighted by atomic mass is 9.98. The summed E-state index contributed by atoms with van der Waals surface area (Å²) in [4.78, 5) is 17.3. The Morgan fingerprint density at radius 2 is 1.77 bits per heavy atom. The van der Waals surface area contributed by atoms with Crippen molar-refractivity contribution < 1.29 is 23.4 Å². The predicted octanol–water partition coefficient (Wildman–Crippen LogP) is 5.08. The van der Waals surface area contributed by atoms with Crippen LogP contribution in [0.5, 0.6) is 17.2 Å². The van der Waals surface area contributed by atoms with Gasteiger partial charge in [-0.2, -0.15) is 0 Å². The molecule has 1 aliphatic rings. The minimum atomic E-state index is 0.0303. The molecule has 0 radical (unpaired) electrons. The van der Waals surface area contributed by atoms with E-state index in [-0.39, 0.29) is 5.91 Å². The number of carbonyl (C=O) groups is 1. The van der Waals surface area contributed by atoms with Crippen LogP contribution in [0.2, 0.25) is 0 Å². The van der Waals surface area contributed by atoms with Gasteiger partial charge in [-0.15, -0.1) is 0 Å². The molecule has 0 aliphatic carbocycles. The molecule has 0 N–H and O–H groups in total. The number of furan rings is 1. The maximum atomic E-state index is 13.0. The SMILES string of the molecule is CCOc1cc2occ(-c3cc(OC)ccc3OC)c2cc1/C(C)=C/C(=O)N1CCN(CC)CC1. The zero-order chi connectivity index (χ0) is 24.9. The van der Waals surface area contributed by atoms with E-state index in [4.69, 9.17) is 18.6 Å². The zero-order valence-corrected chi connectivity index (χ0v) is 21.2. The van der Waals surface area contributed by atoms with Gasteiger partial charge in [0, 0.05) is 60.4 Å². The van der Waals surface area contributed by atoms with Gasteiger partial charge in [0.15, 0.2) is 0 Å². The molecule has 2 heterocycles. The van der Waals surface area contributed by atoms with Crippen LogP contribution in [0.4, 0.5) is 0 Å². The van der Waals surface area contributed by atoms with E-state index < -0.39 is 0 Å². The molecule has 7 heteroatoms. The molecule has 1 amide bonds. The third-order valence-electron chi connectivity index (χ3n) is 6.57. The second kappa shape index (κ2) is 10.9. The number of rotatable bonds is 8. The Hall–Kier alpha value is -3.45. The van der Waals surface area contributed by atoms with Gasteiger partial charge in [0.05, 0.1) is 27.1 Å². The number of likely N-dealkylation sites (N-methyl/N-ethyl adjacent to an activating group) is 1. The minimum absolute atomic E-state index is 0.0303. The van der Waals surface area contributed by atoms with Gasteiger partial charge >= 0.3 is 0 Å². The van der Waals surface area contributed by atoms with Crippen LogP contribution in [0.15, 0.2) is 47.1 Å². The highest BCUT2D eigenvalue weighted by Gasteiger charge is 2.21. The van der Waals surface area contributed by atoms with Crippen molar-refractivity contribution >= 4 is 22.4 Å². The average Bonchev–Trinajstić information content (AvgIpc) is 3.30. The first-order valence-corrected chi connectivity index (χ1v) is 12.1. The van der Waals surface area contributed by atoms with Crippen LogP contribution in [-0.4, -0.2) is 69.3 Å². The van der Waals surface area contributed by atoms with Crippen LogP contribution >= 0.6 is 0 Å². The highest BCUT2D eigenvalue weighted by Crippen LogP contribution is 2.41. The van der Waals surface area contributed by atoms with Gasteiger partial charge in [0.2, 0.25) is 5.91 Å². The third kappa shape index (κ3) is 5.15. The number of nitrogens with zero attached hydrogens (tertiary/aromatic N) is 2. The van der Waals surface area contributed by atoms with Crippen LogP contribution in [0, 0.1) is 0 Å². The molecular weight excluding hydrogens is 444 g/mol. The van der Waals surface area contributed by atoms with Crippen LogP contribution in [0.25, 0.3) is 27.7 Å². The standard InChI is InChI=1S/C28H34N2O5/c1-6-29-10-12-30(13-11-29)28(31)14-19(3)21-16-23-24(18-35-27(23)17-26(21)34-7-2)22-15-20(32-4)8-9-25(22)33-5/h8-9,14-18H,6-7,10-13H2,1-5H3/b19-14+. The summed E-state index contributed by atoms with van der Waals surface area (Å²) in [6.07, 6.45) is 3.44. The molecule has 0 saturated carbocycles. The highest BCUT2D eigenvalue weighted by atomic mass is 16.5. The molecule has 1 saturated heterocycles. The summed E-state index contributed by atoms with van der Waals surface area (Å²) in [5.41, 5.74) is 4.17. The van der Waals surface area contributed by atoms with E-state index in [2.05, 4.69) is 11.8 Å². The van der Waals surface area contributed by atoms with Gasteiger partial charge < -0.3 is 28.4 Å². The van der Waals surface area contributed by atoms with Crippen molar-refractivity contribution in [2.24, 2.45) is 0 Å². The van der Waals surface area contributed by atoms with Crippen molar-refractivity contribution in [3.63, 3.8) is 0 Å². The predicted molar refractivity (Wildman–Crippen MR) is 138 cm³/mol. The fourth-order valence-electron chi connectivity index (χ4n) is 4.51. The molecule has 0 atom stereocenters. The first kappa shape index (κ1) is 24.7. The molecule has 3 aromatic rings. The van der Waals surface area contributed by atoms with Crippen LogP contribution in [0.3, 0.4) is 0 Å². The fourth-order valence-corrected chi connectivity index (χ4v) is 4.51. The third-order valence-corrected chi connectivity index (χ3v) is 6.57. The van der Waals surface area contributed by atoms with Crippen molar-refractivity contribution in [2.75, 3.05) is 53.6 Å². The monoisotopic (exact) mass is 478 g/mol. The Balaban J connectivity index is 1.74. The molecule has 4 rings (SSSR count). The van der Waals surface area contributed by atoms with Gasteiger partial charge in [-0.25, -0.2) is 0 Å². The van der Waals surface area contributed by atoms with E-state index >= 15 is 0 Å². The molecule has 0 unspecified atom stereocenters.